The van der Waals surface area contributed by atoms with E-state index < -0.39 is 0 Å². The van der Waals surface area contributed by atoms with Crippen LogP contribution in [-0.2, 0) is 17.9 Å². The number of aromatic nitrogens is 2. The van der Waals surface area contributed by atoms with E-state index in [1.807, 2.05) is 11.3 Å². The zero-order valence-corrected chi connectivity index (χ0v) is 13.9. The Labute approximate surface area is 134 Å². The van der Waals surface area contributed by atoms with Crippen LogP contribution in [0.3, 0.4) is 0 Å². The van der Waals surface area contributed by atoms with Gasteiger partial charge in [0.2, 0.25) is 5.89 Å². The van der Waals surface area contributed by atoms with Gasteiger partial charge in [-0.3, -0.25) is 9.80 Å². The number of hydrogen-bond acceptors (Lipinski definition) is 7. The van der Waals surface area contributed by atoms with Crippen LogP contribution in [0.2, 0.25) is 0 Å². The molecule has 1 aliphatic heterocycles. The molecular weight excluding hydrogens is 300 g/mol. The highest BCUT2D eigenvalue weighted by atomic mass is 32.1. The molecule has 3 rings (SSSR count). The van der Waals surface area contributed by atoms with Gasteiger partial charge in [-0.1, -0.05) is 11.2 Å². The standard InChI is InChI=1S/C15H22N4O2S/c1-12(15-16-14(11-20-2)17-21-15)19-7-5-18(6-8-19)10-13-4-3-9-22-13/h3-4,9,12H,5-8,10-11H2,1-2H3. The summed E-state index contributed by atoms with van der Waals surface area (Å²) in [5.74, 6) is 1.29. The van der Waals surface area contributed by atoms with Crippen molar-refractivity contribution in [1.82, 2.24) is 19.9 Å². The highest BCUT2D eigenvalue weighted by molar-refractivity contribution is 7.09. The first-order valence-electron chi connectivity index (χ1n) is 7.56. The molecular formula is C15H22N4O2S. The van der Waals surface area contributed by atoms with E-state index in [4.69, 9.17) is 9.26 Å². The summed E-state index contributed by atoms with van der Waals surface area (Å²) in [5, 5.41) is 6.08. The molecule has 2 aromatic heterocycles. The Kier molecular flexibility index (Phi) is 5.20. The molecule has 0 radical (unpaired) electrons. The fourth-order valence-corrected chi connectivity index (χ4v) is 3.46. The zero-order valence-electron chi connectivity index (χ0n) is 13.1. The number of thiophene rings is 1. The molecule has 0 bridgehead atoms. The largest absolute Gasteiger partial charge is 0.377 e. The third-order valence-electron chi connectivity index (χ3n) is 4.03. The SMILES string of the molecule is COCc1noc(C(C)N2CCN(Cc3cccs3)CC2)n1. The first kappa shape index (κ1) is 15.6. The van der Waals surface area contributed by atoms with E-state index >= 15 is 0 Å². The van der Waals surface area contributed by atoms with Crippen molar-refractivity contribution in [3.63, 3.8) is 0 Å². The lowest BCUT2D eigenvalue weighted by Crippen LogP contribution is -2.46. The average Bonchev–Trinajstić information content (AvgIpc) is 3.20. The predicted molar refractivity (Wildman–Crippen MR) is 84.6 cm³/mol. The first-order chi connectivity index (χ1) is 10.8. The van der Waals surface area contributed by atoms with E-state index in [1.165, 1.54) is 4.88 Å². The Hall–Kier alpha value is -1.28. The minimum Gasteiger partial charge on any atom is -0.377 e. The van der Waals surface area contributed by atoms with Gasteiger partial charge in [0.05, 0.1) is 6.04 Å². The van der Waals surface area contributed by atoms with Crippen molar-refractivity contribution in [3.8, 4) is 0 Å². The molecule has 1 fully saturated rings. The lowest BCUT2D eigenvalue weighted by Gasteiger charge is -2.36. The second-order valence-electron chi connectivity index (χ2n) is 5.55. The Morgan fingerprint density at radius 3 is 2.86 bits per heavy atom. The Morgan fingerprint density at radius 1 is 1.36 bits per heavy atom. The summed E-state index contributed by atoms with van der Waals surface area (Å²) in [4.78, 5) is 10.7. The van der Waals surface area contributed by atoms with Crippen LogP contribution in [0.1, 0.15) is 29.6 Å². The first-order valence-corrected chi connectivity index (χ1v) is 8.44. The molecule has 22 heavy (non-hydrogen) atoms. The number of hydrogen-bond donors (Lipinski definition) is 0. The fourth-order valence-electron chi connectivity index (χ4n) is 2.71. The van der Waals surface area contributed by atoms with Crippen molar-refractivity contribution in [1.29, 1.82) is 0 Å². The molecule has 120 valence electrons. The topological polar surface area (TPSA) is 54.6 Å². The van der Waals surface area contributed by atoms with Crippen LogP contribution >= 0.6 is 11.3 Å². The quantitative estimate of drug-likeness (QED) is 0.812. The van der Waals surface area contributed by atoms with E-state index in [1.54, 1.807) is 7.11 Å². The van der Waals surface area contributed by atoms with Gasteiger partial charge < -0.3 is 9.26 Å². The molecule has 3 heterocycles. The van der Waals surface area contributed by atoms with Crippen LogP contribution in [0.15, 0.2) is 22.0 Å². The molecule has 1 aliphatic rings. The highest BCUT2D eigenvalue weighted by Gasteiger charge is 2.25. The van der Waals surface area contributed by atoms with Crippen LogP contribution in [-0.4, -0.2) is 53.2 Å². The summed E-state index contributed by atoms with van der Waals surface area (Å²) in [6.45, 7) is 7.76. The summed E-state index contributed by atoms with van der Waals surface area (Å²) < 4.78 is 10.4. The second kappa shape index (κ2) is 7.32. The lowest BCUT2D eigenvalue weighted by molar-refractivity contribution is 0.0850. The van der Waals surface area contributed by atoms with Crippen molar-refractivity contribution >= 4 is 11.3 Å². The van der Waals surface area contributed by atoms with Crippen molar-refractivity contribution in [3.05, 3.63) is 34.1 Å². The minimum absolute atomic E-state index is 0.155. The van der Waals surface area contributed by atoms with E-state index in [-0.39, 0.29) is 6.04 Å². The van der Waals surface area contributed by atoms with Gasteiger partial charge in [-0.05, 0) is 18.4 Å². The Balaban J connectivity index is 1.51. The van der Waals surface area contributed by atoms with E-state index in [0.29, 0.717) is 18.3 Å². The average molecular weight is 322 g/mol. The molecule has 0 N–H and O–H groups in total. The third kappa shape index (κ3) is 3.73. The number of rotatable bonds is 6. The summed E-state index contributed by atoms with van der Waals surface area (Å²) in [5.41, 5.74) is 0. The maximum atomic E-state index is 5.35. The fraction of sp³-hybridized carbons (Fsp3) is 0.600. The molecule has 0 spiro atoms. The highest BCUT2D eigenvalue weighted by Crippen LogP contribution is 2.21. The summed E-state index contributed by atoms with van der Waals surface area (Å²) in [7, 11) is 1.63. The van der Waals surface area contributed by atoms with Gasteiger partial charge in [-0.25, -0.2) is 0 Å². The van der Waals surface area contributed by atoms with Crippen LogP contribution in [0, 0.1) is 0 Å². The molecule has 2 aromatic rings. The number of ether oxygens (including phenoxy) is 1. The van der Waals surface area contributed by atoms with Gasteiger partial charge >= 0.3 is 0 Å². The number of nitrogens with zero attached hydrogens (tertiary/aromatic N) is 4. The lowest BCUT2D eigenvalue weighted by atomic mass is 10.2. The molecule has 0 aliphatic carbocycles. The third-order valence-corrected chi connectivity index (χ3v) is 4.89. The molecule has 0 amide bonds. The molecule has 0 saturated carbocycles. The minimum atomic E-state index is 0.155. The van der Waals surface area contributed by atoms with Gasteiger partial charge in [-0.2, -0.15) is 4.98 Å². The molecule has 6 nitrogen and oxygen atoms in total. The van der Waals surface area contributed by atoms with Gasteiger partial charge in [0.25, 0.3) is 0 Å². The second-order valence-corrected chi connectivity index (χ2v) is 6.58. The van der Waals surface area contributed by atoms with Crippen molar-refractivity contribution in [2.45, 2.75) is 26.1 Å². The van der Waals surface area contributed by atoms with Crippen molar-refractivity contribution in [2.24, 2.45) is 0 Å². The summed E-state index contributed by atoms with van der Waals surface area (Å²) >= 11 is 1.83. The van der Waals surface area contributed by atoms with Gasteiger partial charge in [0, 0.05) is 44.7 Å². The summed E-state index contributed by atoms with van der Waals surface area (Å²) in [6.07, 6.45) is 0. The van der Waals surface area contributed by atoms with Crippen LogP contribution in [0.4, 0.5) is 0 Å². The van der Waals surface area contributed by atoms with Gasteiger partial charge in [0.15, 0.2) is 5.82 Å². The number of methoxy groups -OCH3 is 1. The number of piperazine rings is 1. The summed E-state index contributed by atoms with van der Waals surface area (Å²) in [6, 6.07) is 4.47. The molecule has 1 atom stereocenters. The van der Waals surface area contributed by atoms with Crippen molar-refractivity contribution < 1.29 is 9.26 Å². The maximum absolute atomic E-state index is 5.35. The van der Waals surface area contributed by atoms with E-state index in [0.717, 1.165) is 32.7 Å². The normalized spacial score (nSPS) is 18.6. The molecule has 0 aromatic carbocycles. The Bertz CT molecular complexity index is 564. The maximum Gasteiger partial charge on any atom is 0.243 e. The van der Waals surface area contributed by atoms with E-state index in [2.05, 4.69) is 44.4 Å². The van der Waals surface area contributed by atoms with Gasteiger partial charge in [0.1, 0.15) is 6.61 Å². The zero-order chi connectivity index (χ0) is 15.4. The predicted octanol–water partition coefficient (Wildman–Crippen LogP) is 2.16. The van der Waals surface area contributed by atoms with Crippen molar-refractivity contribution in [2.75, 3.05) is 33.3 Å². The molecule has 1 saturated heterocycles. The molecule has 7 heteroatoms. The smallest absolute Gasteiger partial charge is 0.243 e. The monoisotopic (exact) mass is 322 g/mol. The molecule has 1 unspecified atom stereocenters. The van der Waals surface area contributed by atoms with Crippen LogP contribution < -0.4 is 0 Å². The van der Waals surface area contributed by atoms with Crippen LogP contribution in [0.5, 0.6) is 0 Å². The van der Waals surface area contributed by atoms with E-state index in [9.17, 15) is 0 Å². The van der Waals surface area contributed by atoms with Crippen LogP contribution in [0.25, 0.3) is 0 Å². The van der Waals surface area contributed by atoms with Gasteiger partial charge in [-0.15, -0.1) is 11.3 Å². The Morgan fingerprint density at radius 2 is 2.18 bits per heavy atom.